The number of halogens is 2. The monoisotopic (exact) mass is 603 g/mol. The molecule has 7 nitrogen and oxygen atoms in total. The molecule has 0 aliphatic heterocycles. The minimum absolute atomic E-state index is 0.0879. The smallest absolute Gasteiger partial charge is 0.244 e. The zero-order valence-electron chi connectivity index (χ0n) is 23.1. The third-order valence-electron chi connectivity index (χ3n) is 6.31. The SMILES string of the molecule is Cc1cccc(N(CC(=O)N(Cc2c(Cl)cccc2Cl)C(Cc2ccccc2)C(=O)NCC(C)C)S(C)(=O)=O)c1. The highest BCUT2D eigenvalue weighted by atomic mass is 35.5. The number of rotatable bonds is 12. The van der Waals surface area contributed by atoms with Crippen LogP contribution in [0.15, 0.2) is 72.8 Å². The molecule has 0 saturated carbocycles. The molecule has 0 aliphatic carbocycles. The lowest BCUT2D eigenvalue weighted by Gasteiger charge is -2.34. The Hall–Kier alpha value is -3.07. The Morgan fingerprint density at radius 1 is 0.925 bits per heavy atom. The minimum atomic E-state index is -3.85. The van der Waals surface area contributed by atoms with Gasteiger partial charge in [-0.3, -0.25) is 13.9 Å². The Balaban J connectivity index is 2.09. The van der Waals surface area contributed by atoms with Gasteiger partial charge in [0.05, 0.1) is 11.9 Å². The summed E-state index contributed by atoms with van der Waals surface area (Å²) in [6, 6.07) is 20.3. The molecular formula is C30H35Cl2N3O4S. The van der Waals surface area contributed by atoms with Crippen LogP contribution in [-0.2, 0) is 32.6 Å². The lowest BCUT2D eigenvalue weighted by Crippen LogP contribution is -2.53. The predicted octanol–water partition coefficient (Wildman–Crippen LogP) is 5.48. The van der Waals surface area contributed by atoms with Crippen molar-refractivity contribution in [1.29, 1.82) is 0 Å². The Morgan fingerprint density at radius 3 is 2.12 bits per heavy atom. The summed E-state index contributed by atoms with van der Waals surface area (Å²) in [6.45, 7) is 5.61. The fourth-order valence-electron chi connectivity index (χ4n) is 4.23. The summed E-state index contributed by atoms with van der Waals surface area (Å²) >= 11 is 13.0. The summed E-state index contributed by atoms with van der Waals surface area (Å²) < 4.78 is 26.8. The lowest BCUT2D eigenvalue weighted by molar-refractivity contribution is -0.140. The molecule has 3 aromatic carbocycles. The number of nitrogens with zero attached hydrogens (tertiary/aromatic N) is 2. The number of carbonyl (C=O) groups excluding carboxylic acids is 2. The number of benzene rings is 3. The second-order valence-corrected chi connectivity index (χ2v) is 12.9. The Morgan fingerprint density at radius 2 is 1.55 bits per heavy atom. The molecule has 3 rings (SSSR count). The van der Waals surface area contributed by atoms with Crippen LogP contribution in [0.25, 0.3) is 0 Å². The molecule has 1 N–H and O–H groups in total. The predicted molar refractivity (Wildman–Crippen MR) is 162 cm³/mol. The van der Waals surface area contributed by atoms with E-state index in [4.69, 9.17) is 23.2 Å². The minimum Gasteiger partial charge on any atom is -0.354 e. The molecule has 2 amide bonds. The van der Waals surface area contributed by atoms with Gasteiger partial charge in [0.1, 0.15) is 12.6 Å². The van der Waals surface area contributed by atoms with Crippen LogP contribution in [0.3, 0.4) is 0 Å². The van der Waals surface area contributed by atoms with Gasteiger partial charge in [0.2, 0.25) is 21.8 Å². The molecule has 0 bridgehead atoms. The van der Waals surface area contributed by atoms with Gasteiger partial charge in [-0.05, 0) is 48.2 Å². The fraction of sp³-hybridized carbons (Fsp3) is 0.333. The summed E-state index contributed by atoms with van der Waals surface area (Å²) in [6.07, 6.45) is 1.26. The molecule has 0 heterocycles. The van der Waals surface area contributed by atoms with Crippen LogP contribution in [0.5, 0.6) is 0 Å². The highest BCUT2D eigenvalue weighted by Crippen LogP contribution is 2.28. The molecule has 0 spiro atoms. The Labute approximate surface area is 247 Å². The van der Waals surface area contributed by atoms with E-state index in [2.05, 4.69) is 5.32 Å². The van der Waals surface area contributed by atoms with Crippen LogP contribution >= 0.6 is 23.2 Å². The number of anilines is 1. The first-order valence-corrected chi connectivity index (χ1v) is 15.6. The van der Waals surface area contributed by atoms with Gasteiger partial charge in [-0.25, -0.2) is 8.42 Å². The van der Waals surface area contributed by atoms with Crippen molar-refractivity contribution in [2.75, 3.05) is 23.7 Å². The zero-order valence-corrected chi connectivity index (χ0v) is 25.4. The molecule has 0 saturated heterocycles. The maximum Gasteiger partial charge on any atom is 0.244 e. The van der Waals surface area contributed by atoms with Crippen molar-refractivity contribution in [3.63, 3.8) is 0 Å². The summed E-state index contributed by atoms with van der Waals surface area (Å²) in [5, 5.41) is 3.62. The van der Waals surface area contributed by atoms with Gasteiger partial charge >= 0.3 is 0 Å². The van der Waals surface area contributed by atoms with Crippen molar-refractivity contribution in [2.24, 2.45) is 5.92 Å². The van der Waals surface area contributed by atoms with E-state index >= 15 is 0 Å². The number of nitrogens with one attached hydrogen (secondary N) is 1. The van der Waals surface area contributed by atoms with Gasteiger partial charge in [0.25, 0.3) is 0 Å². The normalized spacial score (nSPS) is 12.2. The van der Waals surface area contributed by atoms with Gasteiger partial charge in [0.15, 0.2) is 0 Å². The summed E-state index contributed by atoms with van der Waals surface area (Å²) in [7, 11) is -3.85. The van der Waals surface area contributed by atoms with Gasteiger partial charge in [-0.15, -0.1) is 0 Å². The topological polar surface area (TPSA) is 86.8 Å². The van der Waals surface area contributed by atoms with Crippen LogP contribution in [0.1, 0.15) is 30.5 Å². The van der Waals surface area contributed by atoms with Crippen LogP contribution < -0.4 is 9.62 Å². The summed E-state index contributed by atoms with van der Waals surface area (Å²) in [5.74, 6) is -0.732. The van der Waals surface area contributed by atoms with Crippen LogP contribution in [-0.4, -0.2) is 50.5 Å². The van der Waals surface area contributed by atoms with Gasteiger partial charge in [-0.1, -0.05) is 85.6 Å². The van der Waals surface area contributed by atoms with E-state index in [1.54, 1.807) is 36.4 Å². The first-order valence-electron chi connectivity index (χ1n) is 12.9. The molecule has 1 atom stereocenters. The summed E-state index contributed by atoms with van der Waals surface area (Å²) in [5.41, 5.74) is 2.51. The van der Waals surface area contributed by atoms with E-state index in [1.807, 2.05) is 57.2 Å². The number of amides is 2. The van der Waals surface area contributed by atoms with E-state index in [1.165, 1.54) is 4.90 Å². The molecule has 1 unspecified atom stereocenters. The number of aryl methyl sites for hydroxylation is 1. The number of hydrogen-bond acceptors (Lipinski definition) is 4. The van der Waals surface area contributed by atoms with Crippen LogP contribution in [0, 0.1) is 12.8 Å². The van der Waals surface area contributed by atoms with Crippen molar-refractivity contribution >= 4 is 50.7 Å². The molecule has 40 heavy (non-hydrogen) atoms. The van der Waals surface area contributed by atoms with E-state index in [9.17, 15) is 18.0 Å². The maximum absolute atomic E-state index is 14.1. The molecule has 0 aliphatic rings. The third-order valence-corrected chi connectivity index (χ3v) is 8.16. The molecule has 10 heteroatoms. The van der Waals surface area contributed by atoms with Crippen molar-refractivity contribution in [1.82, 2.24) is 10.2 Å². The van der Waals surface area contributed by atoms with E-state index in [0.29, 0.717) is 27.8 Å². The number of carbonyl (C=O) groups is 2. The average molecular weight is 605 g/mol. The van der Waals surface area contributed by atoms with E-state index in [-0.39, 0.29) is 24.8 Å². The van der Waals surface area contributed by atoms with E-state index < -0.39 is 28.5 Å². The molecule has 0 radical (unpaired) electrons. The largest absolute Gasteiger partial charge is 0.354 e. The second-order valence-electron chi connectivity index (χ2n) is 10.2. The van der Waals surface area contributed by atoms with Crippen LogP contribution in [0.2, 0.25) is 10.0 Å². The van der Waals surface area contributed by atoms with Gasteiger partial charge < -0.3 is 10.2 Å². The fourth-order valence-corrected chi connectivity index (χ4v) is 5.59. The van der Waals surface area contributed by atoms with Crippen LogP contribution in [0.4, 0.5) is 5.69 Å². The molecule has 3 aromatic rings. The second kappa shape index (κ2) is 14.0. The number of hydrogen-bond donors (Lipinski definition) is 1. The summed E-state index contributed by atoms with van der Waals surface area (Å²) in [4.78, 5) is 29.1. The number of sulfonamides is 1. The molecule has 0 aromatic heterocycles. The van der Waals surface area contributed by atoms with Gasteiger partial charge in [-0.2, -0.15) is 0 Å². The highest BCUT2D eigenvalue weighted by Gasteiger charge is 2.33. The zero-order chi connectivity index (χ0) is 29.4. The van der Waals surface area contributed by atoms with Crippen molar-refractivity contribution in [3.05, 3.63) is 99.5 Å². The standard InChI is InChI=1S/C30H35Cl2N3O4S/c1-21(2)18-33-30(37)28(17-23-11-6-5-7-12-23)34(19-25-26(31)14-9-15-27(25)32)29(36)20-35(40(4,38)39)24-13-8-10-22(3)16-24/h5-16,21,28H,17-20H2,1-4H3,(H,33,37). The van der Waals surface area contributed by atoms with Crippen molar-refractivity contribution in [3.8, 4) is 0 Å². The first-order chi connectivity index (χ1) is 18.9. The lowest BCUT2D eigenvalue weighted by atomic mass is 10.0. The Bertz CT molecular complexity index is 1410. The Kier molecular flexibility index (Phi) is 11.0. The third kappa shape index (κ3) is 8.71. The first kappa shape index (κ1) is 31.5. The van der Waals surface area contributed by atoms with Crippen molar-refractivity contribution in [2.45, 2.75) is 39.8 Å². The quantitative estimate of drug-likeness (QED) is 0.297. The molecule has 0 fully saturated rings. The molecule has 214 valence electrons. The van der Waals surface area contributed by atoms with E-state index in [0.717, 1.165) is 21.7 Å². The highest BCUT2D eigenvalue weighted by molar-refractivity contribution is 7.92. The average Bonchev–Trinajstić information content (AvgIpc) is 2.89. The van der Waals surface area contributed by atoms with Crippen molar-refractivity contribution < 1.29 is 18.0 Å². The van der Waals surface area contributed by atoms with Gasteiger partial charge in [0, 0.05) is 35.1 Å². The molecular weight excluding hydrogens is 569 g/mol. The maximum atomic E-state index is 14.1.